The molecule has 1 N–H and O–H groups in total. The highest BCUT2D eigenvalue weighted by atomic mass is 35.5. The number of ether oxygens (including phenoxy) is 2. The number of carbonyl (C=O) groups is 2. The van der Waals surface area contributed by atoms with Gasteiger partial charge in [-0.1, -0.05) is 84.2 Å². The van der Waals surface area contributed by atoms with Gasteiger partial charge in [-0.05, 0) is 67.8 Å². The van der Waals surface area contributed by atoms with Gasteiger partial charge >= 0.3 is 0 Å². The molecule has 0 saturated carbocycles. The van der Waals surface area contributed by atoms with E-state index in [0.717, 1.165) is 15.4 Å². The molecule has 9 nitrogen and oxygen atoms in total. The van der Waals surface area contributed by atoms with Crippen LogP contribution in [0.3, 0.4) is 0 Å². The van der Waals surface area contributed by atoms with Crippen molar-refractivity contribution in [3.8, 4) is 11.5 Å². The summed E-state index contributed by atoms with van der Waals surface area (Å²) in [6.45, 7) is 5.01. The van der Waals surface area contributed by atoms with Crippen LogP contribution >= 0.6 is 23.2 Å². The number of rotatable bonds is 15. The van der Waals surface area contributed by atoms with Gasteiger partial charge < -0.3 is 19.7 Å². The fourth-order valence-corrected chi connectivity index (χ4v) is 7.07. The van der Waals surface area contributed by atoms with Crippen molar-refractivity contribution in [1.29, 1.82) is 0 Å². The Morgan fingerprint density at radius 2 is 1.55 bits per heavy atom. The normalized spacial score (nSPS) is 12.5. The molecule has 4 aromatic carbocycles. The molecule has 49 heavy (non-hydrogen) atoms. The summed E-state index contributed by atoms with van der Waals surface area (Å²) in [6, 6.07) is 24.1. The van der Waals surface area contributed by atoms with E-state index in [-0.39, 0.29) is 41.2 Å². The quantitative estimate of drug-likeness (QED) is 0.141. The molecule has 0 heterocycles. The zero-order valence-electron chi connectivity index (χ0n) is 28.2. The van der Waals surface area contributed by atoms with Crippen molar-refractivity contribution in [1.82, 2.24) is 10.2 Å². The minimum Gasteiger partial charge on any atom is -0.493 e. The Kier molecular flexibility index (Phi) is 13.0. The van der Waals surface area contributed by atoms with Crippen LogP contribution in [0.1, 0.15) is 37.0 Å². The Bertz CT molecular complexity index is 1860. The molecule has 2 atom stereocenters. The molecule has 260 valence electrons. The molecule has 0 bridgehead atoms. The van der Waals surface area contributed by atoms with Gasteiger partial charge in [-0.2, -0.15) is 0 Å². The smallest absolute Gasteiger partial charge is 0.264 e. The fraction of sp³-hybridized carbons (Fsp3) is 0.297. The predicted octanol–water partition coefficient (Wildman–Crippen LogP) is 7.07. The Labute approximate surface area is 298 Å². The molecule has 2 amide bonds. The first-order valence-electron chi connectivity index (χ1n) is 15.8. The summed E-state index contributed by atoms with van der Waals surface area (Å²) in [5, 5.41) is 3.74. The molecule has 0 aliphatic rings. The summed E-state index contributed by atoms with van der Waals surface area (Å²) < 4.78 is 40.6. The number of halogens is 2. The summed E-state index contributed by atoms with van der Waals surface area (Å²) in [7, 11) is -1.50. The van der Waals surface area contributed by atoms with E-state index in [4.69, 9.17) is 32.7 Å². The number of nitrogens with one attached hydrogen (secondary N) is 1. The van der Waals surface area contributed by atoms with Crippen molar-refractivity contribution >= 4 is 50.7 Å². The van der Waals surface area contributed by atoms with Gasteiger partial charge in [0.25, 0.3) is 10.0 Å². The highest BCUT2D eigenvalue weighted by molar-refractivity contribution is 7.92. The number of benzene rings is 4. The van der Waals surface area contributed by atoms with Crippen LogP contribution in [0.2, 0.25) is 10.0 Å². The highest BCUT2D eigenvalue weighted by Gasteiger charge is 2.35. The van der Waals surface area contributed by atoms with E-state index >= 15 is 0 Å². The third kappa shape index (κ3) is 9.47. The van der Waals surface area contributed by atoms with Crippen molar-refractivity contribution in [3.63, 3.8) is 0 Å². The number of hydrogen-bond acceptors (Lipinski definition) is 6. The lowest BCUT2D eigenvalue weighted by molar-refractivity contribution is -0.140. The number of amides is 2. The van der Waals surface area contributed by atoms with Gasteiger partial charge in [0.1, 0.15) is 12.6 Å². The van der Waals surface area contributed by atoms with Crippen molar-refractivity contribution in [2.24, 2.45) is 0 Å². The van der Waals surface area contributed by atoms with Gasteiger partial charge in [-0.3, -0.25) is 13.9 Å². The predicted molar refractivity (Wildman–Crippen MR) is 194 cm³/mol. The minimum atomic E-state index is -4.36. The number of hydrogen-bond donors (Lipinski definition) is 1. The first-order chi connectivity index (χ1) is 23.4. The number of sulfonamides is 1. The van der Waals surface area contributed by atoms with Crippen LogP contribution in [0.15, 0.2) is 95.9 Å². The average Bonchev–Trinajstić information content (AvgIpc) is 3.09. The Morgan fingerprint density at radius 3 is 2.16 bits per heavy atom. The van der Waals surface area contributed by atoms with Crippen molar-refractivity contribution in [3.05, 3.63) is 118 Å². The van der Waals surface area contributed by atoms with Crippen molar-refractivity contribution in [2.45, 2.75) is 57.1 Å². The van der Waals surface area contributed by atoms with E-state index < -0.39 is 28.5 Å². The maximum absolute atomic E-state index is 14.7. The first kappa shape index (κ1) is 37.6. The molecular weight excluding hydrogens is 685 g/mol. The van der Waals surface area contributed by atoms with Gasteiger partial charge in [0, 0.05) is 35.1 Å². The molecule has 2 unspecified atom stereocenters. The van der Waals surface area contributed by atoms with Crippen LogP contribution < -0.4 is 19.1 Å². The van der Waals surface area contributed by atoms with E-state index in [1.165, 1.54) is 37.3 Å². The molecule has 12 heteroatoms. The summed E-state index contributed by atoms with van der Waals surface area (Å²) in [5.41, 5.74) is 2.53. The Morgan fingerprint density at radius 1 is 0.878 bits per heavy atom. The number of aryl methyl sites for hydroxylation is 1. The van der Waals surface area contributed by atoms with Crippen molar-refractivity contribution < 1.29 is 27.5 Å². The molecule has 0 aliphatic carbocycles. The summed E-state index contributed by atoms with van der Waals surface area (Å²) in [4.78, 5) is 30.0. The molecule has 0 saturated heterocycles. The largest absolute Gasteiger partial charge is 0.493 e. The van der Waals surface area contributed by atoms with Crippen LogP contribution in [-0.4, -0.2) is 58.0 Å². The number of anilines is 1. The van der Waals surface area contributed by atoms with Crippen molar-refractivity contribution in [2.75, 3.05) is 25.1 Å². The third-order valence-corrected chi connectivity index (χ3v) is 10.5. The molecule has 0 fully saturated rings. The second kappa shape index (κ2) is 16.9. The summed E-state index contributed by atoms with van der Waals surface area (Å²) >= 11 is 12.8. The summed E-state index contributed by atoms with van der Waals surface area (Å²) in [5.74, 6) is -0.430. The molecule has 0 aliphatic heterocycles. The molecular formula is C37H41Cl2N3O6S. The van der Waals surface area contributed by atoms with Gasteiger partial charge in [-0.15, -0.1) is 0 Å². The van der Waals surface area contributed by atoms with E-state index in [1.807, 2.05) is 51.1 Å². The van der Waals surface area contributed by atoms with E-state index in [9.17, 15) is 18.0 Å². The monoisotopic (exact) mass is 725 g/mol. The van der Waals surface area contributed by atoms with Gasteiger partial charge in [0.15, 0.2) is 11.5 Å². The zero-order valence-corrected chi connectivity index (χ0v) is 30.5. The van der Waals surface area contributed by atoms with Crippen LogP contribution in [0.5, 0.6) is 11.5 Å². The fourth-order valence-electron chi connectivity index (χ4n) is 5.17. The SMILES string of the molecule is CCC(C)NC(=O)C(Cc1ccccc1)N(Cc1ccc(Cl)cc1Cl)C(=O)CN(c1ccc(C)cc1)S(=O)(=O)c1ccc(OC)c(OC)c1. The van der Waals surface area contributed by atoms with Crippen LogP contribution in [0, 0.1) is 6.92 Å². The highest BCUT2D eigenvalue weighted by Crippen LogP contribution is 2.33. The average molecular weight is 727 g/mol. The maximum Gasteiger partial charge on any atom is 0.264 e. The number of methoxy groups -OCH3 is 2. The zero-order chi connectivity index (χ0) is 35.7. The van der Waals surface area contributed by atoms with Gasteiger partial charge in [-0.25, -0.2) is 8.42 Å². The van der Waals surface area contributed by atoms with E-state index in [1.54, 1.807) is 42.5 Å². The lowest BCUT2D eigenvalue weighted by Crippen LogP contribution is -2.54. The minimum absolute atomic E-state index is 0.0849. The third-order valence-electron chi connectivity index (χ3n) is 8.17. The first-order valence-corrected chi connectivity index (χ1v) is 18.0. The molecule has 4 rings (SSSR count). The Hall–Kier alpha value is -4.25. The second-order valence-corrected chi connectivity index (χ2v) is 14.4. The van der Waals surface area contributed by atoms with Crippen LogP contribution in [-0.2, 0) is 32.6 Å². The number of carbonyl (C=O) groups excluding carboxylic acids is 2. The second-order valence-electron chi connectivity index (χ2n) is 11.6. The lowest BCUT2D eigenvalue weighted by atomic mass is 10.0. The van der Waals surface area contributed by atoms with E-state index in [0.29, 0.717) is 27.8 Å². The van der Waals surface area contributed by atoms with Gasteiger partial charge in [0.05, 0.1) is 24.8 Å². The molecule has 4 aromatic rings. The van der Waals surface area contributed by atoms with Gasteiger partial charge in [0.2, 0.25) is 11.8 Å². The Balaban J connectivity index is 1.85. The van der Waals surface area contributed by atoms with E-state index in [2.05, 4.69) is 5.32 Å². The molecule has 0 radical (unpaired) electrons. The number of nitrogens with zero attached hydrogens (tertiary/aromatic N) is 2. The topological polar surface area (TPSA) is 105 Å². The molecule has 0 spiro atoms. The van der Waals surface area contributed by atoms with Crippen LogP contribution in [0.4, 0.5) is 5.69 Å². The lowest BCUT2D eigenvalue weighted by Gasteiger charge is -2.34. The summed E-state index contributed by atoms with van der Waals surface area (Å²) in [6.07, 6.45) is 0.846. The standard InChI is InChI=1S/C37H41Cl2N3O6S/c1-6-26(3)40-37(44)33(20-27-10-8-7-9-11-27)41(23-28-14-15-29(38)21-32(28)39)36(43)24-42(30-16-12-25(2)13-17-30)49(45,46)31-18-19-34(47-4)35(22-31)48-5/h7-19,21-22,26,33H,6,20,23-24H2,1-5H3,(H,40,44). The maximum atomic E-state index is 14.7. The molecule has 0 aromatic heterocycles. The van der Waals surface area contributed by atoms with Crippen LogP contribution in [0.25, 0.3) is 0 Å².